The summed E-state index contributed by atoms with van der Waals surface area (Å²) in [6.45, 7) is 0.114. The highest BCUT2D eigenvalue weighted by atomic mass is 35.5. The van der Waals surface area contributed by atoms with Gasteiger partial charge in [0.2, 0.25) is 0 Å². The summed E-state index contributed by atoms with van der Waals surface area (Å²) in [6.07, 6.45) is 1.82. The Morgan fingerprint density at radius 3 is 3.16 bits per heavy atom. The lowest BCUT2D eigenvalue weighted by molar-refractivity contribution is -0.0368. The first-order chi connectivity index (χ1) is 9.20. The van der Waals surface area contributed by atoms with E-state index in [4.69, 9.17) is 22.3 Å². The van der Waals surface area contributed by atoms with Gasteiger partial charge in [-0.25, -0.2) is 15.0 Å². The van der Waals surface area contributed by atoms with Gasteiger partial charge in [0.05, 0.1) is 30.9 Å². The largest absolute Gasteiger partial charge is 0.390 e. The molecule has 1 fully saturated rings. The van der Waals surface area contributed by atoms with E-state index in [2.05, 4.69) is 19.2 Å². The van der Waals surface area contributed by atoms with Crippen LogP contribution in [0.4, 0.5) is 5.82 Å². The highest BCUT2D eigenvalue weighted by Gasteiger charge is 2.36. The number of fused-ring (bicyclic) bond motifs is 1. The van der Waals surface area contributed by atoms with Gasteiger partial charge < -0.3 is 15.6 Å². The number of aromatic nitrogens is 4. The Morgan fingerprint density at radius 2 is 2.37 bits per heavy atom. The molecule has 2 aromatic heterocycles. The summed E-state index contributed by atoms with van der Waals surface area (Å²) in [7, 11) is 0. The van der Waals surface area contributed by atoms with E-state index in [1.807, 2.05) is 0 Å². The first kappa shape index (κ1) is 12.5. The van der Waals surface area contributed by atoms with E-state index >= 15 is 0 Å². The minimum absolute atomic E-state index is 0.114. The molecule has 0 aliphatic carbocycles. The second-order valence-electron chi connectivity index (χ2n) is 4.29. The molecule has 102 valence electrons. The zero-order chi connectivity index (χ0) is 13.4. The normalized spacial score (nSPS) is 27.2. The lowest BCUT2D eigenvalue weighted by Gasteiger charge is -2.14. The molecule has 0 spiro atoms. The third-order valence-corrected chi connectivity index (χ3v) is 3.25. The number of ether oxygens (including phenoxy) is 1. The van der Waals surface area contributed by atoms with Gasteiger partial charge in [-0.3, -0.25) is 8.86 Å². The molecule has 8 nitrogen and oxygen atoms in total. The maximum Gasteiger partial charge on any atom is 0.167 e. The van der Waals surface area contributed by atoms with E-state index in [1.54, 1.807) is 10.9 Å². The maximum absolute atomic E-state index is 9.86. The molecule has 3 rings (SSSR count). The summed E-state index contributed by atoms with van der Waals surface area (Å²) < 4.78 is 11.9. The maximum atomic E-state index is 9.86. The minimum Gasteiger partial charge on any atom is -0.390 e. The predicted molar refractivity (Wildman–Crippen MR) is 66.1 cm³/mol. The number of nitrogens with two attached hydrogens (primary N) is 1. The number of aliphatic hydroxyl groups is 1. The van der Waals surface area contributed by atoms with Crippen molar-refractivity contribution < 1.29 is 14.1 Å². The SMILES string of the molecule is Nc1ncnc2c1ncn2[C@H]1C[C@H](O)[C@@H](COCl)O1. The van der Waals surface area contributed by atoms with Gasteiger partial charge in [0.15, 0.2) is 11.5 Å². The molecule has 2 aromatic rings. The van der Waals surface area contributed by atoms with Crippen LogP contribution in [0.5, 0.6) is 0 Å². The molecule has 3 heterocycles. The Bertz CT molecular complexity index is 592. The van der Waals surface area contributed by atoms with E-state index in [-0.39, 0.29) is 12.8 Å². The number of halogens is 1. The Kier molecular flexibility index (Phi) is 3.23. The summed E-state index contributed by atoms with van der Waals surface area (Å²) in [5.41, 5.74) is 6.79. The van der Waals surface area contributed by atoms with Gasteiger partial charge in [-0.05, 0) is 0 Å². The standard InChI is InChI=1S/C10H12ClN5O3/c11-18-2-6-5(17)1-7(19-6)16-4-15-8-9(12)13-3-14-10(8)16/h3-7,17H,1-2H2,(H2,12,13,14)/t5-,6+,7+/m0/s1. The van der Waals surface area contributed by atoms with Crippen LogP contribution in [0.1, 0.15) is 12.6 Å². The number of anilines is 1. The van der Waals surface area contributed by atoms with Gasteiger partial charge in [-0.15, -0.1) is 0 Å². The van der Waals surface area contributed by atoms with E-state index in [1.165, 1.54) is 6.33 Å². The highest BCUT2D eigenvalue weighted by Crippen LogP contribution is 2.31. The molecule has 0 aromatic carbocycles. The van der Waals surface area contributed by atoms with Crippen LogP contribution in [0.15, 0.2) is 12.7 Å². The number of hydrogen-bond acceptors (Lipinski definition) is 7. The Balaban J connectivity index is 1.91. The van der Waals surface area contributed by atoms with Crippen molar-refractivity contribution in [1.29, 1.82) is 0 Å². The lowest BCUT2D eigenvalue weighted by atomic mass is 10.2. The molecule has 1 aliphatic heterocycles. The van der Waals surface area contributed by atoms with Gasteiger partial charge in [0.25, 0.3) is 0 Å². The second kappa shape index (κ2) is 4.89. The zero-order valence-electron chi connectivity index (χ0n) is 9.81. The molecule has 0 saturated carbocycles. The topological polar surface area (TPSA) is 108 Å². The van der Waals surface area contributed by atoms with Gasteiger partial charge >= 0.3 is 0 Å². The van der Waals surface area contributed by atoms with E-state index < -0.39 is 12.2 Å². The van der Waals surface area contributed by atoms with Crippen LogP contribution < -0.4 is 5.73 Å². The van der Waals surface area contributed by atoms with Crippen LogP contribution in [0.2, 0.25) is 0 Å². The minimum atomic E-state index is -0.652. The van der Waals surface area contributed by atoms with Gasteiger partial charge in [-0.1, -0.05) is 0 Å². The number of rotatable bonds is 3. The summed E-state index contributed by atoms with van der Waals surface area (Å²) in [5, 5.41) is 9.86. The first-order valence-corrected chi connectivity index (χ1v) is 6.01. The Labute approximate surface area is 113 Å². The summed E-state index contributed by atoms with van der Waals surface area (Å²) >= 11 is 5.19. The van der Waals surface area contributed by atoms with Crippen LogP contribution in [0.25, 0.3) is 11.2 Å². The fraction of sp³-hybridized carbons (Fsp3) is 0.500. The van der Waals surface area contributed by atoms with Gasteiger partial charge in [0, 0.05) is 6.42 Å². The molecular formula is C10H12ClN5O3. The molecule has 0 radical (unpaired) electrons. The van der Waals surface area contributed by atoms with Gasteiger partial charge in [-0.2, -0.15) is 0 Å². The van der Waals surface area contributed by atoms with Crippen molar-refractivity contribution in [3.05, 3.63) is 12.7 Å². The molecule has 19 heavy (non-hydrogen) atoms. The van der Waals surface area contributed by atoms with Gasteiger partial charge in [0.1, 0.15) is 24.2 Å². The van der Waals surface area contributed by atoms with Crippen molar-refractivity contribution in [3.63, 3.8) is 0 Å². The second-order valence-corrected chi connectivity index (χ2v) is 4.51. The fourth-order valence-corrected chi connectivity index (χ4v) is 2.30. The molecule has 0 unspecified atom stereocenters. The Morgan fingerprint density at radius 1 is 1.53 bits per heavy atom. The van der Waals surface area contributed by atoms with Crippen molar-refractivity contribution in [2.75, 3.05) is 12.3 Å². The molecule has 1 aliphatic rings. The summed E-state index contributed by atoms with van der Waals surface area (Å²) in [6, 6.07) is 0. The molecule has 3 atom stereocenters. The molecule has 3 N–H and O–H groups in total. The molecule has 0 amide bonds. The average Bonchev–Trinajstić information content (AvgIpc) is 2.95. The lowest BCUT2D eigenvalue weighted by Crippen LogP contribution is -2.24. The van der Waals surface area contributed by atoms with Crippen molar-refractivity contribution in [2.24, 2.45) is 0 Å². The van der Waals surface area contributed by atoms with Crippen molar-refractivity contribution >= 4 is 28.8 Å². The van der Waals surface area contributed by atoms with Crippen LogP contribution >= 0.6 is 11.9 Å². The third-order valence-electron chi connectivity index (χ3n) is 3.13. The number of hydrogen-bond donors (Lipinski definition) is 2. The summed E-state index contributed by atoms with van der Waals surface area (Å²) in [5.74, 6) is 0.308. The fourth-order valence-electron chi connectivity index (χ4n) is 2.18. The van der Waals surface area contributed by atoms with Crippen molar-refractivity contribution in [1.82, 2.24) is 19.5 Å². The quantitative estimate of drug-likeness (QED) is 0.831. The van der Waals surface area contributed by atoms with Crippen LogP contribution in [-0.4, -0.2) is 43.4 Å². The summed E-state index contributed by atoms with van der Waals surface area (Å²) in [4.78, 5) is 12.2. The number of nitrogens with zero attached hydrogens (tertiary/aromatic N) is 4. The van der Waals surface area contributed by atoms with Crippen LogP contribution in [0, 0.1) is 0 Å². The number of aliphatic hydroxyl groups excluding tert-OH is 1. The van der Waals surface area contributed by atoms with Crippen LogP contribution in [0.3, 0.4) is 0 Å². The van der Waals surface area contributed by atoms with Crippen molar-refractivity contribution in [3.8, 4) is 0 Å². The van der Waals surface area contributed by atoms with E-state index in [0.717, 1.165) is 0 Å². The zero-order valence-corrected chi connectivity index (χ0v) is 10.6. The number of nitrogen functional groups attached to an aromatic ring is 1. The Hall–Kier alpha value is -1.48. The molecular weight excluding hydrogens is 274 g/mol. The molecule has 1 saturated heterocycles. The smallest absolute Gasteiger partial charge is 0.167 e. The highest BCUT2D eigenvalue weighted by molar-refractivity contribution is 6.07. The molecule has 9 heteroatoms. The van der Waals surface area contributed by atoms with E-state index in [9.17, 15) is 5.11 Å². The predicted octanol–water partition coefficient (Wildman–Crippen LogP) is 0.227. The average molecular weight is 286 g/mol. The number of imidazole rings is 1. The third kappa shape index (κ3) is 2.12. The monoisotopic (exact) mass is 285 g/mol. The van der Waals surface area contributed by atoms with Crippen molar-refractivity contribution in [2.45, 2.75) is 24.9 Å². The molecule has 0 bridgehead atoms. The van der Waals surface area contributed by atoms with E-state index in [0.29, 0.717) is 23.4 Å². The van der Waals surface area contributed by atoms with Crippen LogP contribution in [-0.2, 0) is 9.03 Å². The first-order valence-electron chi connectivity index (χ1n) is 5.70.